The first-order valence-electron chi connectivity index (χ1n) is 5.19. The highest BCUT2D eigenvalue weighted by molar-refractivity contribution is 7.99. The van der Waals surface area contributed by atoms with E-state index in [1.807, 2.05) is 24.3 Å². The molecule has 0 aliphatic carbocycles. The van der Waals surface area contributed by atoms with Crippen LogP contribution < -0.4 is 0 Å². The summed E-state index contributed by atoms with van der Waals surface area (Å²) < 4.78 is 0. The molecule has 19 heavy (non-hydrogen) atoms. The lowest BCUT2D eigenvalue weighted by Crippen LogP contribution is -1.75. The molecule has 0 unspecified atom stereocenters. The number of benzene rings is 2. The molecular formula is C14H6N2S3. The molecule has 0 aliphatic heterocycles. The summed E-state index contributed by atoms with van der Waals surface area (Å²) in [5, 5.41) is 4.69. The predicted molar refractivity (Wildman–Crippen MR) is 84.1 cm³/mol. The zero-order valence-corrected chi connectivity index (χ0v) is 12.0. The standard InChI is InChI=1S/C14H6N2S3/c17-9-15-11-3-1-5-13(7-11)19-14-6-2-4-12(8-14)16-10-18/h1-4,7-8H. The van der Waals surface area contributed by atoms with E-state index in [-0.39, 0.29) is 0 Å². The molecule has 0 amide bonds. The second-order valence-electron chi connectivity index (χ2n) is 3.33. The van der Waals surface area contributed by atoms with E-state index in [0.29, 0.717) is 0 Å². The van der Waals surface area contributed by atoms with Crippen molar-refractivity contribution in [2.24, 2.45) is 9.98 Å². The van der Waals surface area contributed by atoms with Gasteiger partial charge in [-0.15, -0.1) is 0 Å². The van der Waals surface area contributed by atoms with Gasteiger partial charge in [0, 0.05) is 9.79 Å². The Morgan fingerprint density at radius 2 is 1.37 bits per heavy atom. The Labute approximate surface area is 126 Å². The molecule has 0 aliphatic rings. The van der Waals surface area contributed by atoms with Crippen molar-refractivity contribution in [3.63, 3.8) is 0 Å². The number of thiocarbonyl (C=S) groups is 2. The minimum atomic E-state index is 0.754. The van der Waals surface area contributed by atoms with Gasteiger partial charge >= 0.3 is 0 Å². The minimum Gasteiger partial charge on any atom is -0.195 e. The average Bonchev–Trinajstić information content (AvgIpc) is 2.40. The van der Waals surface area contributed by atoms with Crippen LogP contribution in [-0.2, 0) is 0 Å². The summed E-state index contributed by atoms with van der Waals surface area (Å²) in [5.41, 5.74) is 1.51. The summed E-state index contributed by atoms with van der Waals surface area (Å²) in [6.45, 7) is 0. The third kappa shape index (κ3) is 4.21. The Balaban J connectivity index is 2.25. The van der Waals surface area contributed by atoms with E-state index in [1.54, 1.807) is 12.1 Å². The molecule has 2 radical (unpaired) electrons. The highest BCUT2D eigenvalue weighted by Gasteiger charge is 2.00. The fourth-order valence-corrected chi connectivity index (χ4v) is 2.41. The van der Waals surface area contributed by atoms with Crippen molar-refractivity contribution in [2.45, 2.75) is 9.79 Å². The summed E-state index contributed by atoms with van der Waals surface area (Å²) in [7, 11) is 0. The highest BCUT2D eigenvalue weighted by Crippen LogP contribution is 2.31. The number of hydrogen-bond acceptors (Lipinski definition) is 5. The van der Waals surface area contributed by atoms with Crippen molar-refractivity contribution in [2.75, 3.05) is 0 Å². The van der Waals surface area contributed by atoms with Gasteiger partial charge in [-0.3, -0.25) is 0 Å². The number of nitrogens with zero attached hydrogens (tertiary/aromatic N) is 2. The quantitative estimate of drug-likeness (QED) is 0.592. The topological polar surface area (TPSA) is 24.7 Å². The van der Waals surface area contributed by atoms with Crippen LogP contribution in [0.5, 0.6) is 0 Å². The van der Waals surface area contributed by atoms with Crippen molar-refractivity contribution in [1.29, 1.82) is 0 Å². The molecule has 0 heterocycles. The molecule has 2 aromatic rings. The molecule has 2 rings (SSSR count). The second kappa shape index (κ2) is 7.10. The van der Waals surface area contributed by atoms with Crippen LogP contribution in [0.1, 0.15) is 0 Å². The van der Waals surface area contributed by atoms with E-state index < -0.39 is 0 Å². The van der Waals surface area contributed by atoms with Gasteiger partial charge in [-0.2, -0.15) is 9.98 Å². The smallest absolute Gasteiger partial charge is 0.0751 e. The molecule has 0 bridgehead atoms. The van der Waals surface area contributed by atoms with Gasteiger partial charge in [0.1, 0.15) is 0 Å². The Morgan fingerprint density at radius 3 is 1.79 bits per heavy atom. The molecule has 0 atom stereocenters. The van der Waals surface area contributed by atoms with Crippen LogP contribution in [0, 0.1) is 12.1 Å². The Bertz CT molecular complexity index is 625. The zero-order valence-electron chi connectivity index (χ0n) is 9.58. The van der Waals surface area contributed by atoms with Gasteiger partial charge in [0.25, 0.3) is 0 Å². The van der Waals surface area contributed by atoms with Crippen molar-refractivity contribution in [1.82, 2.24) is 0 Å². The van der Waals surface area contributed by atoms with Crippen molar-refractivity contribution >= 4 is 57.9 Å². The third-order valence-corrected chi connectivity index (χ3v) is 3.18. The lowest BCUT2D eigenvalue weighted by Gasteiger charge is -2.02. The van der Waals surface area contributed by atoms with Crippen LogP contribution in [0.15, 0.2) is 56.2 Å². The number of rotatable bonds is 4. The summed E-state index contributed by atoms with van der Waals surface area (Å²) in [5.74, 6) is 0. The second-order valence-corrected chi connectivity index (χ2v) is 4.78. The predicted octanol–water partition coefficient (Wildman–Crippen LogP) is 4.91. The van der Waals surface area contributed by atoms with Crippen LogP contribution in [0.2, 0.25) is 0 Å². The molecular weight excluding hydrogens is 292 g/mol. The fraction of sp³-hybridized carbons (Fsp3) is 0. The van der Waals surface area contributed by atoms with E-state index in [1.165, 1.54) is 11.8 Å². The molecule has 0 saturated heterocycles. The molecule has 0 fully saturated rings. The molecule has 0 saturated carbocycles. The monoisotopic (exact) mass is 298 g/mol. The van der Waals surface area contributed by atoms with E-state index in [2.05, 4.69) is 56.9 Å². The van der Waals surface area contributed by atoms with Gasteiger partial charge in [0.15, 0.2) is 0 Å². The molecule has 2 nitrogen and oxygen atoms in total. The van der Waals surface area contributed by atoms with Gasteiger partial charge in [-0.05, 0) is 60.8 Å². The first-order valence-corrected chi connectivity index (χ1v) is 6.82. The largest absolute Gasteiger partial charge is 0.195 e. The van der Waals surface area contributed by atoms with Crippen LogP contribution in [-0.4, -0.2) is 10.3 Å². The van der Waals surface area contributed by atoms with Crippen molar-refractivity contribution in [3.8, 4) is 0 Å². The first-order chi connectivity index (χ1) is 9.31. The Hall–Kier alpha value is -1.61. The summed E-state index contributed by atoms with van der Waals surface area (Å²) in [6.07, 6.45) is 0. The Kier molecular flexibility index (Phi) is 5.16. The number of hydrogen-bond donors (Lipinski definition) is 0. The first kappa shape index (κ1) is 13.8. The summed E-state index contributed by atoms with van der Waals surface area (Å²) >= 11 is 10.7. The van der Waals surface area contributed by atoms with E-state index in [4.69, 9.17) is 0 Å². The maximum absolute atomic E-state index is 4.58. The lowest BCUT2D eigenvalue weighted by molar-refractivity contribution is 1.36. The van der Waals surface area contributed by atoms with Gasteiger partial charge in [-0.25, -0.2) is 0 Å². The minimum absolute atomic E-state index is 0.754. The SMILES string of the molecule is S=C=Nc1cc[c]c(Sc2[c]ccc(N=C=S)c2)c1. The maximum atomic E-state index is 4.58. The lowest BCUT2D eigenvalue weighted by atomic mass is 10.3. The summed E-state index contributed by atoms with van der Waals surface area (Å²) in [6, 6.07) is 17.2. The molecule has 2 aromatic carbocycles. The molecule has 0 spiro atoms. The van der Waals surface area contributed by atoms with E-state index in [0.717, 1.165) is 21.2 Å². The number of isothiocyanates is 2. The van der Waals surface area contributed by atoms with Crippen LogP contribution >= 0.6 is 36.2 Å². The third-order valence-electron chi connectivity index (χ3n) is 2.09. The average molecular weight is 298 g/mol. The van der Waals surface area contributed by atoms with Gasteiger partial charge in [-0.1, -0.05) is 23.9 Å². The van der Waals surface area contributed by atoms with Gasteiger partial charge in [0.2, 0.25) is 0 Å². The fourth-order valence-electron chi connectivity index (χ4n) is 1.35. The van der Waals surface area contributed by atoms with Crippen LogP contribution in [0.3, 0.4) is 0 Å². The van der Waals surface area contributed by atoms with Crippen LogP contribution in [0.4, 0.5) is 11.4 Å². The molecule has 90 valence electrons. The maximum Gasteiger partial charge on any atom is 0.0751 e. The van der Waals surface area contributed by atoms with E-state index in [9.17, 15) is 0 Å². The van der Waals surface area contributed by atoms with Crippen molar-refractivity contribution in [3.05, 3.63) is 48.5 Å². The molecule has 5 heteroatoms. The summed E-state index contributed by atoms with van der Waals surface area (Å²) in [4.78, 5) is 9.71. The normalized spacial score (nSPS) is 9.26. The Morgan fingerprint density at radius 1 is 0.895 bits per heavy atom. The molecule has 0 aromatic heterocycles. The highest BCUT2D eigenvalue weighted by atomic mass is 32.2. The zero-order chi connectivity index (χ0) is 13.5. The number of aliphatic imine (C=N–C) groups is 2. The van der Waals surface area contributed by atoms with Gasteiger partial charge < -0.3 is 0 Å². The van der Waals surface area contributed by atoms with Crippen molar-refractivity contribution < 1.29 is 0 Å². The van der Waals surface area contributed by atoms with Crippen LogP contribution in [0.25, 0.3) is 0 Å². The molecule has 0 N–H and O–H groups in total. The van der Waals surface area contributed by atoms with E-state index >= 15 is 0 Å². The van der Waals surface area contributed by atoms with Gasteiger partial charge in [0.05, 0.1) is 21.7 Å².